The van der Waals surface area contributed by atoms with Crippen molar-refractivity contribution in [2.75, 3.05) is 12.8 Å². The molecule has 0 aliphatic heterocycles. The largest absolute Gasteiger partial charge is 0.481 e. The zero-order chi connectivity index (χ0) is 20.4. The lowest BCUT2D eigenvalue weighted by atomic mass is 9.99. The van der Waals surface area contributed by atoms with Crippen LogP contribution in [0.2, 0.25) is 0 Å². The molecule has 0 aliphatic carbocycles. The summed E-state index contributed by atoms with van der Waals surface area (Å²) < 4.78 is 5.25. The molecule has 2 N–H and O–H groups in total. The maximum Gasteiger partial charge on any atom is 0.215 e. The Morgan fingerprint density at radius 2 is 1.76 bits per heavy atom. The summed E-state index contributed by atoms with van der Waals surface area (Å²) in [5.41, 5.74) is 13.0. The minimum absolute atomic E-state index is 0.393. The molecule has 0 fully saturated rings. The number of nitrogens with two attached hydrogens (primary N) is 1. The Kier molecular flexibility index (Phi) is 4.84. The number of aromatic nitrogens is 2. The highest BCUT2D eigenvalue weighted by Gasteiger charge is 2.09. The minimum Gasteiger partial charge on any atom is -0.481 e. The molecule has 5 nitrogen and oxygen atoms in total. The van der Waals surface area contributed by atoms with E-state index in [2.05, 4.69) is 34.2 Å². The highest BCUT2D eigenvalue weighted by molar-refractivity contribution is 5.91. The molecular weight excluding hydrogens is 360 g/mol. The Morgan fingerprint density at radius 3 is 2.45 bits per heavy atom. The predicted octanol–water partition coefficient (Wildman–Crippen LogP) is 4.93. The van der Waals surface area contributed by atoms with Gasteiger partial charge in [-0.1, -0.05) is 30.3 Å². The summed E-state index contributed by atoms with van der Waals surface area (Å²) in [5, 5.41) is 9.84. The van der Waals surface area contributed by atoms with Crippen LogP contribution in [-0.2, 0) is 6.42 Å². The van der Waals surface area contributed by atoms with Crippen molar-refractivity contribution in [3.63, 3.8) is 0 Å². The highest BCUT2D eigenvalue weighted by atomic mass is 16.5. The zero-order valence-corrected chi connectivity index (χ0v) is 16.3. The van der Waals surface area contributed by atoms with Gasteiger partial charge in [0, 0.05) is 28.3 Å². The Hall–Kier alpha value is -3.91. The third-order valence-electron chi connectivity index (χ3n) is 4.95. The minimum atomic E-state index is 0.393. The second-order valence-electron chi connectivity index (χ2n) is 6.91. The van der Waals surface area contributed by atoms with Crippen molar-refractivity contribution >= 4 is 16.7 Å². The molecule has 2 aromatic heterocycles. The number of hydrogen-bond acceptors (Lipinski definition) is 5. The predicted molar refractivity (Wildman–Crippen MR) is 115 cm³/mol. The third-order valence-corrected chi connectivity index (χ3v) is 4.95. The van der Waals surface area contributed by atoms with Crippen LogP contribution >= 0.6 is 0 Å². The van der Waals surface area contributed by atoms with E-state index >= 15 is 0 Å². The number of nitrogens with zero attached hydrogens (tertiary/aromatic N) is 3. The van der Waals surface area contributed by atoms with E-state index < -0.39 is 0 Å². The van der Waals surface area contributed by atoms with Crippen LogP contribution in [0, 0.1) is 18.3 Å². The molecule has 0 spiro atoms. The van der Waals surface area contributed by atoms with E-state index in [1.165, 1.54) is 0 Å². The molecule has 0 amide bonds. The van der Waals surface area contributed by atoms with Crippen molar-refractivity contribution in [2.45, 2.75) is 13.3 Å². The molecule has 4 aromatic rings. The molecule has 0 bridgehead atoms. The van der Waals surface area contributed by atoms with Crippen LogP contribution in [0.25, 0.3) is 33.2 Å². The topological polar surface area (TPSA) is 84.8 Å². The average Bonchev–Trinajstić information content (AvgIpc) is 2.74. The molecule has 2 heterocycles. The Morgan fingerprint density at radius 1 is 1.00 bits per heavy atom. The molecule has 0 saturated heterocycles. The fourth-order valence-electron chi connectivity index (χ4n) is 3.43. The maximum absolute atomic E-state index is 8.84. The van der Waals surface area contributed by atoms with E-state index in [-0.39, 0.29) is 0 Å². The van der Waals surface area contributed by atoms with Gasteiger partial charge in [0.2, 0.25) is 5.88 Å². The second kappa shape index (κ2) is 7.61. The summed E-state index contributed by atoms with van der Waals surface area (Å²) in [5.74, 6) is 1.12. The van der Waals surface area contributed by atoms with E-state index in [1.807, 2.05) is 49.5 Å². The Bertz CT molecular complexity index is 1240. The molecule has 142 valence electrons. The lowest BCUT2D eigenvalue weighted by molar-refractivity contribution is 0.394. The van der Waals surface area contributed by atoms with Gasteiger partial charge < -0.3 is 10.5 Å². The lowest BCUT2D eigenvalue weighted by Crippen LogP contribution is -1.96. The number of methoxy groups -OCH3 is 1. The number of ether oxygens (including phenoxy) is 1. The molecule has 29 heavy (non-hydrogen) atoms. The van der Waals surface area contributed by atoms with Crippen LogP contribution in [0.4, 0.5) is 5.82 Å². The number of aryl methyl sites for hydroxylation is 1. The molecule has 4 rings (SSSR count). The van der Waals surface area contributed by atoms with Crippen LogP contribution in [0.5, 0.6) is 5.88 Å². The van der Waals surface area contributed by atoms with Gasteiger partial charge in [-0.05, 0) is 47.9 Å². The van der Waals surface area contributed by atoms with Gasteiger partial charge in [0.15, 0.2) is 0 Å². The number of fused-ring (bicyclic) bond motifs is 1. The summed E-state index contributed by atoms with van der Waals surface area (Å²) >= 11 is 0. The molecule has 0 atom stereocenters. The molecule has 2 aromatic carbocycles. The number of anilines is 1. The van der Waals surface area contributed by atoms with Crippen molar-refractivity contribution < 1.29 is 4.74 Å². The normalized spacial score (nSPS) is 10.7. The molecule has 0 radical (unpaired) electrons. The van der Waals surface area contributed by atoms with Crippen LogP contribution < -0.4 is 10.5 Å². The second-order valence-corrected chi connectivity index (χ2v) is 6.91. The highest BCUT2D eigenvalue weighted by Crippen LogP contribution is 2.31. The number of benzene rings is 2. The SMILES string of the molecule is COc1ncc(-c2ccc3nc(N)c(-c4ccc(CC#N)cc4)cc3c2)cc1C. The molecule has 0 saturated carbocycles. The van der Waals surface area contributed by atoms with E-state index in [1.54, 1.807) is 7.11 Å². The van der Waals surface area contributed by atoms with Gasteiger partial charge in [0.05, 0.1) is 25.1 Å². The van der Waals surface area contributed by atoms with Gasteiger partial charge in [-0.3, -0.25) is 0 Å². The van der Waals surface area contributed by atoms with Gasteiger partial charge in [-0.25, -0.2) is 9.97 Å². The fraction of sp³-hybridized carbons (Fsp3) is 0.125. The summed E-state index contributed by atoms with van der Waals surface area (Å²) in [7, 11) is 1.62. The molecule has 0 unspecified atom stereocenters. The first-order valence-electron chi connectivity index (χ1n) is 9.26. The number of hydrogen-bond donors (Lipinski definition) is 1. The van der Waals surface area contributed by atoms with Crippen molar-refractivity contribution in [1.82, 2.24) is 9.97 Å². The first kappa shape index (κ1) is 18.5. The van der Waals surface area contributed by atoms with Gasteiger partial charge in [-0.2, -0.15) is 5.26 Å². The van der Waals surface area contributed by atoms with Crippen molar-refractivity contribution in [3.05, 3.63) is 71.9 Å². The first-order valence-corrected chi connectivity index (χ1v) is 9.26. The molecular formula is C24H20N4O. The average molecular weight is 380 g/mol. The van der Waals surface area contributed by atoms with Gasteiger partial charge >= 0.3 is 0 Å². The third kappa shape index (κ3) is 3.61. The summed E-state index contributed by atoms with van der Waals surface area (Å²) in [6.45, 7) is 1.98. The standard InChI is InChI=1S/C24H20N4O/c1-15-11-20(14-27-24(15)29-2)18-7-8-22-19(12-18)13-21(23(26)28-22)17-5-3-16(4-6-17)9-10-25/h3-8,11-14H,9H2,1-2H3,(H2,26,28). The van der Waals surface area contributed by atoms with Crippen LogP contribution in [0.1, 0.15) is 11.1 Å². The van der Waals surface area contributed by atoms with E-state index in [0.717, 1.165) is 44.3 Å². The van der Waals surface area contributed by atoms with E-state index in [9.17, 15) is 0 Å². The monoisotopic (exact) mass is 380 g/mol. The number of nitriles is 1. The van der Waals surface area contributed by atoms with Gasteiger partial charge in [0.1, 0.15) is 5.82 Å². The van der Waals surface area contributed by atoms with Crippen molar-refractivity contribution in [2.24, 2.45) is 0 Å². The fourth-order valence-corrected chi connectivity index (χ4v) is 3.43. The van der Waals surface area contributed by atoms with Crippen molar-refractivity contribution in [1.29, 1.82) is 5.26 Å². The number of nitrogen functional groups attached to an aromatic ring is 1. The smallest absolute Gasteiger partial charge is 0.215 e. The first-order chi connectivity index (χ1) is 14.1. The number of rotatable bonds is 4. The lowest BCUT2D eigenvalue weighted by Gasteiger charge is -2.10. The van der Waals surface area contributed by atoms with Crippen LogP contribution in [0.15, 0.2) is 60.8 Å². The van der Waals surface area contributed by atoms with Gasteiger partial charge in [-0.15, -0.1) is 0 Å². The van der Waals surface area contributed by atoms with Crippen LogP contribution in [0.3, 0.4) is 0 Å². The molecule has 5 heteroatoms. The maximum atomic E-state index is 8.84. The Labute approximate surface area is 169 Å². The summed E-state index contributed by atoms with van der Waals surface area (Å²) in [4.78, 5) is 8.96. The summed E-state index contributed by atoms with van der Waals surface area (Å²) in [6.07, 6.45) is 2.21. The number of pyridine rings is 2. The van der Waals surface area contributed by atoms with Crippen molar-refractivity contribution in [3.8, 4) is 34.2 Å². The quantitative estimate of drug-likeness (QED) is 0.543. The van der Waals surface area contributed by atoms with E-state index in [4.69, 9.17) is 15.7 Å². The Balaban J connectivity index is 1.77. The summed E-state index contributed by atoms with van der Waals surface area (Å²) in [6, 6.07) is 20.2. The molecule has 0 aliphatic rings. The zero-order valence-electron chi connectivity index (χ0n) is 16.3. The van der Waals surface area contributed by atoms with Crippen LogP contribution in [-0.4, -0.2) is 17.1 Å². The van der Waals surface area contributed by atoms with E-state index in [0.29, 0.717) is 18.1 Å². The van der Waals surface area contributed by atoms with Gasteiger partial charge in [0.25, 0.3) is 0 Å².